The van der Waals surface area contributed by atoms with Crippen molar-refractivity contribution >= 4 is 17.7 Å². The van der Waals surface area contributed by atoms with E-state index in [4.69, 9.17) is 39.6 Å². The Morgan fingerprint density at radius 1 is 0.873 bits per heavy atom. The number of rotatable bonds is 32. The fourth-order valence-electron chi connectivity index (χ4n) is 6.96. The molecule has 1 fully saturated rings. The van der Waals surface area contributed by atoms with Crippen molar-refractivity contribution in [2.24, 2.45) is 5.73 Å². The van der Waals surface area contributed by atoms with Crippen molar-refractivity contribution in [1.82, 2.24) is 20.3 Å². The van der Waals surface area contributed by atoms with E-state index in [1.165, 1.54) is 25.7 Å². The summed E-state index contributed by atoms with van der Waals surface area (Å²) < 4.78 is 35.9. The van der Waals surface area contributed by atoms with Gasteiger partial charge in [-0.05, 0) is 61.2 Å². The van der Waals surface area contributed by atoms with E-state index in [0.29, 0.717) is 57.4 Å². The molecule has 63 heavy (non-hydrogen) atoms. The molecule has 350 valence electrons. The first-order valence-electron chi connectivity index (χ1n) is 21.7. The minimum absolute atomic E-state index is 0.0595. The zero-order valence-corrected chi connectivity index (χ0v) is 36.1. The van der Waals surface area contributed by atoms with Gasteiger partial charge in [0.2, 0.25) is 5.91 Å². The van der Waals surface area contributed by atoms with Gasteiger partial charge in [-0.15, -0.1) is 5.10 Å². The third kappa shape index (κ3) is 17.8. The maximum Gasteiger partial charge on any atom is 0.364 e. The van der Waals surface area contributed by atoms with Crippen LogP contribution in [-0.2, 0) is 47.9 Å². The van der Waals surface area contributed by atoms with Crippen molar-refractivity contribution in [3.63, 3.8) is 0 Å². The molecule has 3 aromatic rings. The highest BCUT2D eigenvalue weighted by Gasteiger charge is 2.55. The van der Waals surface area contributed by atoms with Gasteiger partial charge in [0.25, 0.3) is 5.79 Å². The molecule has 6 unspecified atom stereocenters. The van der Waals surface area contributed by atoms with Crippen LogP contribution in [0.2, 0.25) is 0 Å². The van der Waals surface area contributed by atoms with Gasteiger partial charge in [0, 0.05) is 31.5 Å². The molecule has 2 heterocycles. The molecule has 1 aromatic heterocycles. The van der Waals surface area contributed by atoms with Gasteiger partial charge in [-0.1, -0.05) is 55.9 Å². The molecule has 9 N–H and O–H groups in total. The molecule has 19 nitrogen and oxygen atoms in total. The Morgan fingerprint density at radius 3 is 2.03 bits per heavy atom. The van der Waals surface area contributed by atoms with Crippen LogP contribution in [0.5, 0.6) is 11.5 Å². The molecule has 0 radical (unpaired) electrons. The van der Waals surface area contributed by atoms with E-state index in [-0.39, 0.29) is 18.9 Å². The summed E-state index contributed by atoms with van der Waals surface area (Å²) in [4.78, 5) is 24.0. The molecule has 2 aromatic carbocycles. The van der Waals surface area contributed by atoms with Gasteiger partial charge < -0.3 is 65.0 Å². The molecule has 4 rings (SSSR count). The number of aliphatic hydroxyl groups is 4. The lowest BCUT2D eigenvalue weighted by Crippen LogP contribution is -2.68. The van der Waals surface area contributed by atoms with Crippen LogP contribution in [0.3, 0.4) is 0 Å². The number of carboxylic acids is 1. The minimum atomic E-state index is -2.42. The van der Waals surface area contributed by atoms with Gasteiger partial charge in [-0.2, -0.15) is 0 Å². The molecular weight excluding hydrogens is 821 g/mol. The number of amidine groups is 1. The number of amides is 1. The summed E-state index contributed by atoms with van der Waals surface area (Å²) in [6.45, 7) is 3.62. The number of aliphatic carboxylic acids is 1. The standard InChI is InChI=1S/C44H66N6O13/c1-31(52)47-39-37(53)28-44(43(56)57,63-41(39)40(55)38(54)30-51)62-24-19-34-29-50(49-48-34)20-25-59-27-26-58-23-18-32-10-14-35(15-11-32)60-21-8-6-4-2-3-5-7-9-22-61-36-16-12-33(13-17-36)42(45)46/h10-17,29,37-41,51,53-55H,2-9,18-28,30H2,1H3,(H3,45,46)(H,47,52)(H,56,57). The normalized spacial score (nSPS) is 19.6. The van der Waals surface area contributed by atoms with Crippen LogP contribution in [0.25, 0.3) is 0 Å². The monoisotopic (exact) mass is 886 g/mol. The highest BCUT2D eigenvalue weighted by Crippen LogP contribution is 2.34. The van der Waals surface area contributed by atoms with E-state index in [1.54, 1.807) is 23.0 Å². The molecule has 0 bridgehead atoms. The largest absolute Gasteiger partial charge is 0.494 e. The number of nitrogens with zero attached hydrogens (tertiary/aromatic N) is 3. The van der Waals surface area contributed by atoms with Crippen molar-refractivity contribution < 1.29 is 63.5 Å². The first-order chi connectivity index (χ1) is 30.4. The molecule has 0 saturated carbocycles. The van der Waals surface area contributed by atoms with Gasteiger partial charge in [0.1, 0.15) is 35.6 Å². The van der Waals surface area contributed by atoms with Gasteiger partial charge in [0.05, 0.1) is 77.2 Å². The van der Waals surface area contributed by atoms with E-state index >= 15 is 0 Å². The van der Waals surface area contributed by atoms with Crippen LogP contribution >= 0.6 is 0 Å². The Morgan fingerprint density at radius 2 is 1.46 bits per heavy atom. The van der Waals surface area contributed by atoms with Crippen molar-refractivity contribution in [3.05, 3.63) is 71.5 Å². The van der Waals surface area contributed by atoms with E-state index in [1.807, 2.05) is 24.3 Å². The number of nitrogens with one attached hydrogen (secondary N) is 2. The lowest BCUT2D eigenvalue weighted by atomic mass is 9.88. The zero-order valence-electron chi connectivity index (χ0n) is 36.1. The average molecular weight is 887 g/mol. The smallest absolute Gasteiger partial charge is 0.364 e. The Kier molecular flexibility index (Phi) is 22.2. The second-order valence-electron chi connectivity index (χ2n) is 15.5. The maximum atomic E-state index is 12.3. The third-order valence-corrected chi connectivity index (χ3v) is 10.5. The summed E-state index contributed by atoms with van der Waals surface area (Å²) in [5, 5.41) is 68.6. The first kappa shape index (κ1) is 50.9. The van der Waals surface area contributed by atoms with Crippen LogP contribution < -0.4 is 20.5 Å². The average Bonchev–Trinajstić information content (AvgIpc) is 3.72. The van der Waals surface area contributed by atoms with Crippen molar-refractivity contribution in [1.29, 1.82) is 5.41 Å². The lowest BCUT2D eigenvalue weighted by Gasteiger charge is -2.46. The van der Waals surface area contributed by atoms with E-state index < -0.39 is 61.1 Å². The number of benzene rings is 2. The molecule has 1 saturated heterocycles. The van der Waals surface area contributed by atoms with Gasteiger partial charge in [-0.25, -0.2) is 9.48 Å². The van der Waals surface area contributed by atoms with E-state index in [0.717, 1.165) is 56.1 Å². The summed E-state index contributed by atoms with van der Waals surface area (Å²) in [5.41, 5.74) is 7.83. The van der Waals surface area contributed by atoms with Gasteiger partial charge in [0.15, 0.2) is 0 Å². The van der Waals surface area contributed by atoms with Crippen molar-refractivity contribution in [2.75, 3.05) is 52.9 Å². The van der Waals surface area contributed by atoms with Crippen LogP contribution in [-0.4, -0.2) is 147 Å². The second-order valence-corrected chi connectivity index (χ2v) is 15.5. The number of nitrogen functional groups attached to an aromatic ring is 1. The van der Waals surface area contributed by atoms with Crippen LogP contribution in [0.4, 0.5) is 0 Å². The Hall–Kier alpha value is -4.73. The molecule has 0 spiro atoms. The Balaban J connectivity index is 0.987. The molecule has 1 aliphatic rings. The number of nitrogens with two attached hydrogens (primary N) is 1. The number of hydrogen-bond donors (Lipinski definition) is 8. The van der Waals surface area contributed by atoms with Crippen LogP contribution in [0.15, 0.2) is 54.7 Å². The fraction of sp³-hybridized carbons (Fsp3) is 0.614. The summed E-state index contributed by atoms with van der Waals surface area (Å²) in [6, 6.07) is 14.1. The molecule has 6 atom stereocenters. The number of carbonyl (C=O) groups is 2. The summed E-state index contributed by atoms with van der Waals surface area (Å²) in [6.07, 6.45) is 4.46. The quantitative estimate of drug-likeness (QED) is 0.0253. The van der Waals surface area contributed by atoms with Crippen LogP contribution in [0, 0.1) is 5.41 Å². The van der Waals surface area contributed by atoms with E-state index in [2.05, 4.69) is 27.8 Å². The van der Waals surface area contributed by atoms with Gasteiger partial charge >= 0.3 is 5.97 Å². The molecule has 19 heteroatoms. The molecular formula is C44H66N6O13. The number of carboxylic acid groups (broad SMARTS) is 1. The lowest BCUT2D eigenvalue weighted by molar-refractivity contribution is -0.311. The third-order valence-electron chi connectivity index (χ3n) is 10.5. The number of unbranched alkanes of at least 4 members (excludes halogenated alkanes) is 7. The second kappa shape index (κ2) is 27.5. The predicted molar refractivity (Wildman–Crippen MR) is 229 cm³/mol. The summed E-state index contributed by atoms with van der Waals surface area (Å²) in [5.74, 6) is -2.86. The molecule has 0 aliphatic carbocycles. The number of carbonyl (C=O) groups excluding carboxylic acids is 1. The highest BCUT2D eigenvalue weighted by atomic mass is 16.7. The van der Waals surface area contributed by atoms with Crippen LogP contribution in [0.1, 0.15) is 81.5 Å². The predicted octanol–water partition coefficient (Wildman–Crippen LogP) is 2.13. The summed E-state index contributed by atoms with van der Waals surface area (Å²) >= 11 is 0. The Labute approximate surface area is 368 Å². The minimum Gasteiger partial charge on any atom is -0.494 e. The number of aromatic nitrogens is 3. The Bertz CT molecular complexity index is 1780. The highest BCUT2D eigenvalue weighted by molar-refractivity contribution is 5.94. The van der Waals surface area contributed by atoms with E-state index in [9.17, 15) is 35.1 Å². The number of hydrogen-bond acceptors (Lipinski definition) is 15. The SMILES string of the molecule is CC(=O)NC1C(O)CC(OCCc2cn(CCOCCOCCc3ccc(OCCCCCCCCCCOc4ccc(C(=N)N)cc4)cc3)nn2)(C(=O)O)OC1C(O)C(O)CO. The summed E-state index contributed by atoms with van der Waals surface area (Å²) in [7, 11) is 0. The topological polar surface area (TPSA) is 283 Å². The first-order valence-corrected chi connectivity index (χ1v) is 21.7. The maximum absolute atomic E-state index is 12.3. The molecule has 1 aliphatic heterocycles. The van der Waals surface area contributed by atoms with Gasteiger partial charge in [-0.3, -0.25) is 10.2 Å². The molecule has 1 amide bonds. The fourth-order valence-corrected chi connectivity index (χ4v) is 6.96. The number of aliphatic hydroxyl groups excluding tert-OH is 4. The van der Waals surface area contributed by atoms with Crippen molar-refractivity contribution in [3.8, 4) is 11.5 Å². The zero-order chi connectivity index (χ0) is 45.5. The number of ether oxygens (including phenoxy) is 6. The van der Waals surface area contributed by atoms with Crippen molar-refractivity contribution in [2.45, 2.75) is 120 Å².